The molecule has 3 heteroatoms. The lowest BCUT2D eigenvalue weighted by molar-refractivity contribution is -1.01. The van der Waals surface area contributed by atoms with Crippen LogP contribution < -0.4 is 0 Å². The molecule has 27 heavy (non-hydrogen) atoms. The zero-order valence-corrected chi connectivity index (χ0v) is 19.2. The zero-order chi connectivity index (χ0) is 20.4. The predicted molar refractivity (Wildman–Crippen MR) is 119 cm³/mol. The summed E-state index contributed by atoms with van der Waals surface area (Å²) in [7, 11) is 0. The molecular weight excluding hydrogens is 334 g/mol. The van der Waals surface area contributed by atoms with E-state index in [9.17, 15) is 10.2 Å². The van der Waals surface area contributed by atoms with Crippen LogP contribution in [0, 0.1) is 0 Å². The van der Waals surface area contributed by atoms with Crippen molar-refractivity contribution in [1.29, 1.82) is 0 Å². The van der Waals surface area contributed by atoms with Gasteiger partial charge < -0.3 is 10.2 Å². The summed E-state index contributed by atoms with van der Waals surface area (Å²) in [6.45, 7) is 10.1. The largest absolute Gasteiger partial charge is 0.345 e. The third-order valence-electron chi connectivity index (χ3n) is 6.34. The summed E-state index contributed by atoms with van der Waals surface area (Å²) in [5.74, 6) is 0. The average molecular weight is 387 g/mol. The van der Waals surface area contributed by atoms with E-state index in [1.807, 2.05) is 13.8 Å². The minimum absolute atomic E-state index is 0.464. The Kier molecular flexibility index (Phi) is 17.9. The van der Waals surface area contributed by atoms with Gasteiger partial charge in [0.05, 0.1) is 13.1 Å². The van der Waals surface area contributed by atoms with Crippen molar-refractivity contribution in [2.75, 3.05) is 13.1 Å². The van der Waals surface area contributed by atoms with Gasteiger partial charge in [-0.15, -0.1) is 0 Å². The molecule has 0 saturated carbocycles. The maximum Gasteiger partial charge on any atom is 0.189 e. The fraction of sp³-hybridized carbons (Fsp3) is 1.00. The number of rotatable bonds is 20. The molecule has 0 aliphatic rings. The van der Waals surface area contributed by atoms with Crippen molar-refractivity contribution in [2.24, 2.45) is 0 Å². The fourth-order valence-electron chi connectivity index (χ4n) is 4.25. The summed E-state index contributed by atoms with van der Waals surface area (Å²) in [6.07, 6.45) is 19.8. The van der Waals surface area contributed by atoms with Crippen LogP contribution in [0.25, 0.3) is 0 Å². The Balaban J connectivity index is 4.10. The molecule has 0 aliphatic carbocycles. The maximum absolute atomic E-state index is 10.4. The van der Waals surface area contributed by atoms with Gasteiger partial charge in [-0.2, -0.15) is 0 Å². The molecule has 0 aromatic rings. The summed E-state index contributed by atoms with van der Waals surface area (Å²) in [5.41, 5.74) is 0. The lowest BCUT2D eigenvalue weighted by Gasteiger charge is -2.43. The van der Waals surface area contributed by atoms with Gasteiger partial charge >= 0.3 is 0 Å². The second kappa shape index (κ2) is 17.9. The van der Waals surface area contributed by atoms with Gasteiger partial charge in [0.1, 0.15) is 0 Å². The Hall–Kier alpha value is -0.120. The number of hydrogen-bond acceptors (Lipinski definition) is 2. The first-order valence-corrected chi connectivity index (χ1v) is 12.2. The highest BCUT2D eigenvalue weighted by Gasteiger charge is 2.36. The quantitative estimate of drug-likeness (QED) is 0.138. The van der Waals surface area contributed by atoms with E-state index in [1.165, 1.54) is 89.9 Å². The molecule has 0 aliphatic heterocycles. The van der Waals surface area contributed by atoms with Crippen molar-refractivity contribution in [2.45, 2.75) is 143 Å². The van der Waals surface area contributed by atoms with Crippen LogP contribution in [0.3, 0.4) is 0 Å². The Morgan fingerprint density at radius 3 is 1.00 bits per heavy atom. The Morgan fingerprint density at radius 1 is 0.481 bits per heavy atom. The second-order valence-corrected chi connectivity index (χ2v) is 8.76. The van der Waals surface area contributed by atoms with Gasteiger partial charge in [0, 0.05) is 13.8 Å². The summed E-state index contributed by atoms with van der Waals surface area (Å²) < 4.78 is 0.464. The van der Waals surface area contributed by atoms with E-state index in [-0.39, 0.29) is 0 Å². The van der Waals surface area contributed by atoms with Crippen molar-refractivity contribution >= 4 is 0 Å². The van der Waals surface area contributed by atoms with Crippen molar-refractivity contribution in [3.8, 4) is 0 Å². The van der Waals surface area contributed by atoms with Crippen LogP contribution in [0.2, 0.25) is 0 Å². The normalized spacial score (nSPS) is 14.4. The molecule has 0 spiro atoms. The first-order chi connectivity index (χ1) is 13.0. The van der Waals surface area contributed by atoms with Crippen LogP contribution in [-0.4, -0.2) is 40.2 Å². The molecule has 0 aromatic carbocycles. The van der Waals surface area contributed by atoms with Crippen molar-refractivity contribution in [3.05, 3.63) is 0 Å². The number of hydrogen-bond donors (Lipinski definition) is 2. The molecular formula is C24H52NO2+. The lowest BCUT2D eigenvalue weighted by Crippen LogP contribution is -2.60. The number of nitrogens with zero attached hydrogens (tertiary/aromatic N) is 1. The van der Waals surface area contributed by atoms with Gasteiger partial charge in [0.25, 0.3) is 0 Å². The molecule has 0 radical (unpaired) electrons. The highest BCUT2D eigenvalue weighted by molar-refractivity contribution is 4.53. The SMILES string of the molecule is CCCCCCCCCC[N+](CCCCCCCCCC)(C(C)O)C(C)O. The van der Waals surface area contributed by atoms with Crippen LogP contribution in [-0.2, 0) is 0 Å². The molecule has 0 amide bonds. The summed E-state index contributed by atoms with van der Waals surface area (Å²) in [5, 5.41) is 20.9. The van der Waals surface area contributed by atoms with Gasteiger partial charge in [-0.1, -0.05) is 90.9 Å². The summed E-state index contributed by atoms with van der Waals surface area (Å²) in [6, 6.07) is 0. The molecule has 0 aromatic heterocycles. The first-order valence-electron chi connectivity index (χ1n) is 12.2. The van der Waals surface area contributed by atoms with Gasteiger partial charge in [0.2, 0.25) is 0 Å². The molecule has 0 bridgehead atoms. The molecule has 2 unspecified atom stereocenters. The van der Waals surface area contributed by atoms with Gasteiger partial charge in [-0.05, 0) is 25.7 Å². The molecule has 164 valence electrons. The standard InChI is InChI=1S/C24H52NO2/c1-5-7-9-11-13-15-17-19-21-25(23(3)26,24(4)27)22-20-18-16-14-12-10-8-6-2/h23-24,26-27H,5-22H2,1-4H3/q+1. The second-order valence-electron chi connectivity index (χ2n) is 8.76. The third kappa shape index (κ3) is 12.9. The molecule has 0 saturated heterocycles. The van der Waals surface area contributed by atoms with E-state index in [0.29, 0.717) is 4.48 Å². The lowest BCUT2D eigenvalue weighted by atomic mass is 10.1. The summed E-state index contributed by atoms with van der Waals surface area (Å²) in [4.78, 5) is 0. The molecule has 0 heterocycles. The highest BCUT2D eigenvalue weighted by atomic mass is 16.3. The fourth-order valence-corrected chi connectivity index (χ4v) is 4.25. The average Bonchev–Trinajstić information content (AvgIpc) is 2.63. The molecule has 0 rings (SSSR count). The Labute approximate surface area is 171 Å². The smallest absolute Gasteiger partial charge is 0.189 e. The minimum atomic E-state index is -0.487. The minimum Gasteiger partial charge on any atom is -0.345 e. The van der Waals surface area contributed by atoms with E-state index in [0.717, 1.165) is 25.9 Å². The Bertz CT molecular complexity index is 275. The van der Waals surface area contributed by atoms with Crippen LogP contribution in [0.15, 0.2) is 0 Å². The molecule has 2 N–H and O–H groups in total. The van der Waals surface area contributed by atoms with Crippen molar-refractivity contribution in [3.63, 3.8) is 0 Å². The van der Waals surface area contributed by atoms with Crippen LogP contribution >= 0.6 is 0 Å². The molecule has 0 fully saturated rings. The monoisotopic (exact) mass is 386 g/mol. The van der Waals surface area contributed by atoms with Crippen molar-refractivity contribution in [1.82, 2.24) is 0 Å². The number of quaternary nitrogens is 1. The van der Waals surface area contributed by atoms with Gasteiger partial charge in [-0.25, -0.2) is 0 Å². The zero-order valence-electron chi connectivity index (χ0n) is 19.2. The topological polar surface area (TPSA) is 40.5 Å². The predicted octanol–water partition coefficient (Wildman–Crippen LogP) is 6.76. The number of aliphatic hydroxyl groups excluding tert-OH is 2. The number of unbranched alkanes of at least 4 members (excludes halogenated alkanes) is 14. The first kappa shape index (κ1) is 26.9. The van der Waals surface area contributed by atoms with Gasteiger partial charge in [0.15, 0.2) is 12.5 Å². The highest BCUT2D eigenvalue weighted by Crippen LogP contribution is 2.22. The van der Waals surface area contributed by atoms with Crippen LogP contribution in [0.5, 0.6) is 0 Å². The van der Waals surface area contributed by atoms with Crippen LogP contribution in [0.4, 0.5) is 0 Å². The third-order valence-corrected chi connectivity index (χ3v) is 6.34. The van der Waals surface area contributed by atoms with Crippen LogP contribution in [0.1, 0.15) is 130 Å². The molecule has 2 atom stereocenters. The van der Waals surface area contributed by atoms with E-state index in [1.54, 1.807) is 0 Å². The van der Waals surface area contributed by atoms with Gasteiger partial charge in [-0.3, -0.25) is 4.48 Å². The van der Waals surface area contributed by atoms with E-state index < -0.39 is 12.5 Å². The van der Waals surface area contributed by atoms with E-state index >= 15 is 0 Å². The van der Waals surface area contributed by atoms with E-state index in [2.05, 4.69) is 13.8 Å². The number of aliphatic hydroxyl groups is 2. The summed E-state index contributed by atoms with van der Waals surface area (Å²) >= 11 is 0. The maximum atomic E-state index is 10.4. The van der Waals surface area contributed by atoms with E-state index in [4.69, 9.17) is 0 Å². The van der Waals surface area contributed by atoms with Crippen molar-refractivity contribution < 1.29 is 14.7 Å². The molecule has 3 nitrogen and oxygen atoms in total. The Morgan fingerprint density at radius 2 is 0.741 bits per heavy atom.